The zero-order chi connectivity index (χ0) is 9.14. The Morgan fingerprint density at radius 2 is 1.83 bits per heavy atom. The van der Waals surface area contributed by atoms with Gasteiger partial charge in [-0.3, -0.25) is 4.79 Å². The topological polar surface area (TPSA) is 29.1 Å². The molecule has 0 aliphatic rings. The minimum atomic E-state index is -0.540. The summed E-state index contributed by atoms with van der Waals surface area (Å²) in [5.41, 5.74) is 0.217. The highest BCUT2D eigenvalue weighted by Gasteiger charge is 2.06. The predicted octanol–water partition coefficient (Wildman–Crippen LogP) is 2.70. The Bertz CT molecular complexity index is 293. The van der Waals surface area contributed by atoms with Crippen molar-refractivity contribution in [2.24, 2.45) is 0 Å². The maximum atomic E-state index is 12.6. The molecule has 12 heavy (non-hydrogen) atoms. The third kappa shape index (κ3) is 1.87. The first-order valence-corrected chi connectivity index (χ1v) is 3.75. The van der Waals surface area contributed by atoms with E-state index in [2.05, 4.69) is 5.32 Å². The first kappa shape index (κ1) is 9.29. The molecule has 64 valence electrons. The molecular formula is C7H4Cl2FNO. The molecule has 0 bridgehead atoms. The maximum absolute atomic E-state index is 12.6. The van der Waals surface area contributed by atoms with Gasteiger partial charge < -0.3 is 5.32 Å². The second kappa shape index (κ2) is 3.74. The van der Waals surface area contributed by atoms with Crippen LogP contribution in [0.5, 0.6) is 0 Å². The maximum Gasteiger partial charge on any atom is 0.211 e. The molecular weight excluding hydrogens is 204 g/mol. The lowest BCUT2D eigenvalue weighted by Gasteiger charge is -2.03. The normalized spacial score (nSPS) is 9.58. The lowest BCUT2D eigenvalue weighted by molar-refractivity contribution is -0.105. The zero-order valence-corrected chi connectivity index (χ0v) is 7.29. The van der Waals surface area contributed by atoms with Gasteiger partial charge in [0.25, 0.3) is 0 Å². The number of anilines is 1. The fourth-order valence-electron chi connectivity index (χ4n) is 0.739. The second-order valence-corrected chi connectivity index (χ2v) is 2.82. The fourth-order valence-corrected chi connectivity index (χ4v) is 1.31. The number of hydrogen-bond donors (Lipinski definition) is 1. The number of halogens is 3. The van der Waals surface area contributed by atoms with E-state index >= 15 is 0 Å². The van der Waals surface area contributed by atoms with Crippen LogP contribution in [0.1, 0.15) is 0 Å². The number of amides is 1. The van der Waals surface area contributed by atoms with Gasteiger partial charge in [-0.05, 0) is 12.1 Å². The highest BCUT2D eigenvalue weighted by molar-refractivity contribution is 6.39. The molecule has 1 aromatic carbocycles. The average molecular weight is 208 g/mol. The van der Waals surface area contributed by atoms with Crippen LogP contribution >= 0.6 is 23.2 Å². The predicted molar refractivity (Wildman–Crippen MR) is 46.1 cm³/mol. The van der Waals surface area contributed by atoms with Gasteiger partial charge >= 0.3 is 0 Å². The van der Waals surface area contributed by atoms with Crippen LogP contribution in [-0.2, 0) is 4.79 Å². The van der Waals surface area contributed by atoms with Gasteiger partial charge in [-0.25, -0.2) is 4.39 Å². The number of carbonyl (C=O) groups excluding carboxylic acids is 1. The van der Waals surface area contributed by atoms with Crippen molar-refractivity contribution in [1.29, 1.82) is 0 Å². The first-order valence-electron chi connectivity index (χ1n) is 3.00. The van der Waals surface area contributed by atoms with E-state index in [1.54, 1.807) is 0 Å². The molecule has 0 radical (unpaired) electrons. The fraction of sp³-hybridized carbons (Fsp3) is 0. The molecule has 0 atom stereocenters. The minimum absolute atomic E-state index is 0.0760. The number of carbonyl (C=O) groups is 1. The summed E-state index contributed by atoms with van der Waals surface area (Å²) in [4.78, 5) is 10.0. The summed E-state index contributed by atoms with van der Waals surface area (Å²) in [6.07, 6.45) is 0.422. The van der Waals surface area contributed by atoms with Gasteiger partial charge in [-0.15, -0.1) is 0 Å². The van der Waals surface area contributed by atoms with Crippen molar-refractivity contribution in [3.8, 4) is 0 Å². The molecule has 2 nitrogen and oxygen atoms in total. The molecule has 0 aromatic heterocycles. The van der Waals surface area contributed by atoms with Crippen LogP contribution in [0.15, 0.2) is 12.1 Å². The standard InChI is InChI=1S/C7H4Cl2FNO/c8-5-1-4(10)2-6(9)7(5)11-3-12/h1-3H,(H,11,12). The van der Waals surface area contributed by atoms with Crippen molar-refractivity contribution in [2.75, 3.05) is 5.32 Å². The van der Waals surface area contributed by atoms with Gasteiger partial charge in [-0.1, -0.05) is 23.2 Å². The van der Waals surface area contributed by atoms with E-state index in [9.17, 15) is 9.18 Å². The molecule has 0 aliphatic heterocycles. The van der Waals surface area contributed by atoms with E-state index in [-0.39, 0.29) is 15.7 Å². The molecule has 1 rings (SSSR count). The third-order valence-electron chi connectivity index (χ3n) is 1.21. The Kier molecular flexibility index (Phi) is 2.89. The summed E-state index contributed by atoms with van der Waals surface area (Å²) in [6, 6.07) is 2.14. The molecule has 1 N–H and O–H groups in total. The Balaban J connectivity index is 3.18. The van der Waals surface area contributed by atoms with Crippen molar-refractivity contribution in [1.82, 2.24) is 0 Å². The smallest absolute Gasteiger partial charge is 0.211 e. The number of nitrogens with one attached hydrogen (secondary N) is 1. The van der Waals surface area contributed by atoms with E-state index in [0.29, 0.717) is 6.41 Å². The summed E-state index contributed by atoms with van der Waals surface area (Å²) < 4.78 is 12.6. The van der Waals surface area contributed by atoms with Gasteiger partial charge in [-0.2, -0.15) is 0 Å². The van der Waals surface area contributed by atoms with Crippen LogP contribution in [0.2, 0.25) is 10.0 Å². The van der Waals surface area contributed by atoms with Crippen LogP contribution in [0.4, 0.5) is 10.1 Å². The molecule has 0 aliphatic carbocycles. The van der Waals surface area contributed by atoms with Crippen molar-refractivity contribution in [3.05, 3.63) is 28.0 Å². The molecule has 5 heteroatoms. The van der Waals surface area contributed by atoms with Gasteiger partial charge in [0.2, 0.25) is 6.41 Å². The first-order chi connectivity index (χ1) is 5.65. The van der Waals surface area contributed by atoms with E-state index < -0.39 is 5.82 Å². The van der Waals surface area contributed by atoms with Crippen LogP contribution in [0, 0.1) is 5.82 Å². The summed E-state index contributed by atoms with van der Waals surface area (Å²) >= 11 is 11.1. The van der Waals surface area contributed by atoms with Crippen LogP contribution in [-0.4, -0.2) is 6.41 Å². The van der Waals surface area contributed by atoms with Gasteiger partial charge in [0.15, 0.2) is 0 Å². The highest BCUT2D eigenvalue weighted by Crippen LogP contribution is 2.30. The van der Waals surface area contributed by atoms with Crippen LogP contribution in [0.3, 0.4) is 0 Å². The quantitative estimate of drug-likeness (QED) is 0.743. The van der Waals surface area contributed by atoms with Crippen LogP contribution in [0.25, 0.3) is 0 Å². The summed E-state index contributed by atoms with van der Waals surface area (Å²) in [7, 11) is 0. The second-order valence-electron chi connectivity index (χ2n) is 2.01. The van der Waals surface area contributed by atoms with E-state index in [0.717, 1.165) is 12.1 Å². The highest BCUT2D eigenvalue weighted by atomic mass is 35.5. The summed E-state index contributed by atoms with van der Waals surface area (Å²) in [5, 5.41) is 2.41. The SMILES string of the molecule is O=CNc1c(Cl)cc(F)cc1Cl. The molecule has 0 saturated heterocycles. The zero-order valence-electron chi connectivity index (χ0n) is 5.77. The number of hydrogen-bond acceptors (Lipinski definition) is 1. The van der Waals surface area contributed by atoms with Gasteiger partial charge in [0.1, 0.15) is 5.82 Å². The van der Waals surface area contributed by atoms with Gasteiger partial charge in [0.05, 0.1) is 15.7 Å². The largest absolute Gasteiger partial charge is 0.326 e. The lowest BCUT2D eigenvalue weighted by Crippen LogP contribution is -1.96. The summed E-state index contributed by atoms with van der Waals surface area (Å²) in [6.45, 7) is 0. The molecule has 0 spiro atoms. The Hall–Kier alpha value is -0.800. The third-order valence-corrected chi connectivity index (χ3v) is 1.81. The lowest BCUT2D eigenvalue weighted by atomic mass is 10.3. The molecule has 1 amide bonds. The van der Waals surface area contributed by atoms with Crippen molar-refractivity contribution in [3.63, 3.8) is 0 Å². The monoisotopic (exact) mass is 207 g/mol. The van der Waals surface area contributed by atoms with Crippen LogP contribution < -0.4 is 5.32 Å². The van der Waals surface area contributed by atoms with Crippen molar-refractivity contribution < 1.29 is 9.18 Å². The van der Waals surface area contributed by atoms with Crippen molar-refractivity contribution in [2.45, 2.75) is 0 Å². The van der Waals surface area contributed by atoms with Gasteiger partial charge in [0, 0.05) is 0 Å². The summed E-state index contributed by atoms with van der Waals surface area (Å²) in [5.74, 6) is -0.540. The average Bonchev–Trinajstić information content (AvgIpc) is 1.96. The van der Waals surface area contributed by atoms with E-state index in [1.807, 2.05) is 0 Å². The molecule has 0 heterocycles. The Morgan fingerprint density at radius 1 is 1.33 bits per heavy atom. The molecule has 0 unspecified atom stereocenters. The van der Waals surface area contributed by atoms with E-state index in [4.69, 9.17) is 23.2 Å². The Morgan fingerprint density at radius 3 is 2.25 bits per heavy atom. The molecule has 0 fully saturated rings. The molecule has 1 aromatic rings. The van der Waals surface area contributed by atoms with Crippen molar-refractivity contribution >= 4 is 35.3 Å². The number of rotatable bonds is 2. The van der Waals surface area contributed by atoms with E-state index in [1.165, 1.54) is 0 Å². The number of benzene rings is 1. The Labute approximate surface area is 78.3 Å². The molecule has 0 saturated carbocycles. The minimum Gasteiger partial charge on any atom is -0.326 e.